The Morgan fingerprint density at radius 2 is 1.74 bits per heavy atom. The molecule has 1 amide bonds. The monoisotopic (exact) mass is 473 g/mol. The second-order valence-corrected chi connectivity index (χ2v) is 8.43. The van der Waals surface area contributed by atoms with Crippen LogP contribution in [0.15, 0.2) is 87.1 Å². The van der Waals surface area contributed by atoms with E-state index in [1.807, 2.05) is 48.5 Å². The number of amidine groups is 1. The van der Waals surface area contributed by atoms with Crippen LogP contribution in [0.4, 0.5) is 17.3 Å². The predicted molar refractivity (Wildman–Crippen MR) is 136 cm³/mol. The van der Waals surface area contributed by atoms with Crippen molar-refractivity contribution in [3.63, 3.8) is 0 Å². The molecule has 1 aromatic heterocycles. The molecule has 0 unspecified atom stereocenters. The Kier molecular flexibility index (Phi) is 7.08. The van der Waals surface area contributed by atoms with E-state index < -0.39 is 4.92 Å². The maximum atomic E-state index is 13.5. The summed E-state index contributed by atoms with van der Waals surface area (Å²) in [5.41, 5.74) is 3.79. The SMILES string of the molecule is CCc1ccccc1N=C1S/C(=C/C=C\c2ccc([N+](=O)[O-])o2)C(=O)N1c1ccccc1CC. The number of nitro groups is 1. The number of furan rings is 1. The number of hydrogen-bond acceptors (Lipinski definition) is 6. The van der Waals surface area contributed by atoms with Crippen LogP contribution in [0.3, 0.4) is 0 Å². The molecule has 0 radical (unpaired) electrons. The fraction of sp³-hybridized carbons (Fsp3) is 0.154. The Hall–Kier alpha value is -3.91. The lowest BCUT2D eigenvalue weighted by atomic mass is 10.1. The highest BCUT2D eigenvalue weighted by Gasteiger charge is 2.35. The Bertz CT molecular complexity index is 1320. The number of allylic oxidation sites excluding steroid dienone is 2. The van der Waals surface area contributed by atoms with E-state index >= 15 is 0 Å². The van der Waals surface area contributed by atoms with Gasteiger partial charge in [-0.25, -0.2) is 4.99 Å². The molecule has 0 N–H and O–H groups in total. The van der Waals surface area contributed by atoms with Gasteiger partial charge >= 0.3 is 5.88 Å². The predicted octanol–water partition coefficient (Wildman–Crippen LogP) is 6.68. The minimum atomic E-state index is -0.591. The lowest BCUT2D eigenvalue weighted by Crippen LogP contribution is -2.29. The molecule has 0 aliphatic carbocycles. The standard InChI is InChI=1S/C26H23N3O4S/c1-3-18-10-5-7-13-21(18)27-26-28(22-14-8-6-11-19(22)4-2)25(30)23(34-26)15-9-12-20-16-17-24(33-20)29(31)32/h5-17H,3-4H2,1-2H3/b12-9-,23-15+,27-26?. The number of aliphatic imine (C=N–C) groups is 1. The second-order valence-electron chi connectivity index (χ2n) is 7.42. The summed E-state index contributed by atoms with van der Waals surface area (Å²) in [6.45, 7) is 4.13. The number of benzene rings is 2. The lowest BCUT2D eigenvalue weighted by Gasteiger charge is -2.19. The number of rotatable bonds is 7. The minimum absolute atomic E-state index is 0.172. The van der Waals surface area contributed by atoms with Gasteiger partial charge in [0.2, 0.25) is 0 Å². The number of aryl methyl sites for hydroxylation is 2. The first-order chi connectivity index (χ1) is 16.5. The molecule has 172 valence electrons. The van der Waals surface area contributed by atoms with Gasteiger partial charge in [0.1, 0.15) is 10.7 Å². The van der Waals surface area contributed by atoms with Crippen molar-refractivity contribution < 1.29 is 14.1 Å². The highest BCUT2D eigenvalue weighted by Crippen LogP contribution is 2.38. The zero-order valence-electron chi connectivity index (χ0n) is 18.8. The van der Waals surface area contributed by atoms with Crippen molar-refractivity contribution in [2.45, 2.75) is 26.7 Å². The molecule has 2 heterocycles. The zero-order chi connectivity index (χ0) is 24.1. The molecule has 0 bridgehead atoms. The fourth-order valence-corrected chi connectivity index (χ4v) is 4.52. The highest BCUT2D eigenvalue weighted by molar-refractivity contribution is 8.19. The molecule has 1 aliphatic heterocycles. The van der Waals surface area contributed by atoms with Crippen LogP contribution in [0.2, 0.25) is 0 Å². The molecular formula is C26H23N3O4S. The second kappa shape index (κ2) is 10.4. The largest absolute Gasteiger partial charge is 0.433 e. The van der Waals surface area contributed by atoms with Gasteiger partial charge in [0.05, 0.1) is 22.3 Å². The third-order valence-corrected chi connectivity index (χ3v) is 6.30. The van der Waals surface area contributed by atoms with Crippen LogP contribution in [0.5, 0.6) is 0 Å². The van der Waals surface area contributed by atoms with Crippen LogP contribution >= 0.6 is 11.8 Å². The van der Waals surface area contributed by atoms with Gasteiger partial charge in [-0.3, -0.25) is 19.8 Å². The molecule has 1 saturated heterocycles. The third kappa shape index (κ3) is 4.87. The molecule has 2 aromatic carbocycles. The summed E-state index contributed by atoms with van der Waals surface area (Å²) in [6, 6.07) is 18.5. The van der Waals surface area contributed by atoms with Crippen molar-refractivity contribution in [2.75, 3.05) is 4.90 Å². The number of hydrogen-bond donors (Lipinski definition) is 0. The fourth-order valence-electron chi connectivity index (χ4n) is 3.59. The first kappa shape index (κ1) is 23.3. The molecule has 3 aromatic rings. The van der Waals surface area contributed by atoms with Gasteiger partial charge in [0, 0.05) is 0 Å². The third-order valence-electron chi connectivity index (χ3n) is 5.31. The van der Waals surface area contributed by atoms with Crippen molar-refractivity contribution in [2.24, 2.45) is 4.99 Å². The number of para-hydroxylation sites is 2. The van der Waals surface area contributed by atoms with Crippen molar-refractivity contribution in [1.82, 2.24) is 0 Å². The topological polar surface area (TPSA) is 89.0 Å². The molecular weight excluding hydrogens is 450 g/mol. The minimum Gasteiger partial charge on any atom is -0.401 e. The van der Waals surface area contributed by atoms with Gasteiger partial charge in [-0.05, 0) is 66.1 Å². The number of anilines is 1. The quantitative estimate of drug-likeness (QED) is 0.217. The van der Waals surface area contributed by atoms with E-state index in [4.69, 9.17) is 9.41 Å². The summed E-state index contributed by atoms with van der Waals surface area (Å²) in [4.78, 5) is 30.7. The Morgan fingerprint density at radius 3 is 2.44 bits per heavy atom. The van der Waals surface area contributed by atoms with Gasteiger partial charge in [-0.2, -0.15) is 0 Å². The maximum absolute atomic E-state index is 13.5. The van der Waals surface area contributed by atoms with Gasteiger partial charge in [-0.1, -0.05) is 56.3 Å². The normalized spacial score (nSPS) is 16.3. The number of thioether (sulfide) groups is 1. The van der Waals surface area contributed by atoms with E-state index in [9.17, 15) is 14.9 Å². The molecule has 8 heteroatoms. The average Bonchev–Trinajstić information content (AvgIpc) is 3.44. The molecule has 7 nitrogen and oxygen atoms in total. The smallest absolute Gasteiger partial charge is 0.401 e. The first-order valence-corrected chi connectivity index (χ1v) is 11.7. The van der Waals surface area contributed by atoms with Crippen LogP contribution in [0.25, 0.3) is 6.08 Å². The number of carbonyl (C=O) groups is 1. The number of amides is 1. The molecule has 4 rings (SSSR count). The van der Waals surface area contributed by atoms with Crippen LogP contribution in [-0.2, 0) is 17.6 Å². The summed E-state index contributed by atoms with van der Waals surface area (Å²) in [7, 11) is 0. The summed E-state index contributed by atoms with van der Waals surface area (Å²) >= 11 is 1.30. The van der Waals surface area contributed by atoms with Gasteiger partial charge in [0.15, 0.2) is 5.17 Å². The van der Waals surface area contributed by atoms with E-state index in [1.165, 1.54) is 23.9 Å². The van der Waals surface area contributed by atoms with Gasteiger partial charge < -0.3 is 4.42 Å². The number of nitrogens with zero attached hydrogens (tertiary/aromatic N) is 3. The molecule has 34 heavy (non-hydrogen) atoms. The Balaban J connectivity index is 1.72. The van der Waals surface area contributed by atoms with Crippen LogP contribution in [0.1, 0.15) is 30.7 Å². The van der Waals surface area contributed by atoms with Crippen LogP contribution in [0, 0.1) is 10.1 Å². The van der Waals surface area contributed by atoms with Crippen LogP contribution < -0.4 is 4.90 Å². The summed E-state index contributed by atoms with van der Waals surface area (Å²) in [5.74, 6) is -0.170. The molecule has 1 fully saturated rings. The van der Waals surface area contributed by atoms with E-state index in [0.29, 0.717) is 15.8 Å². The first-order valence-electron chi connectivity index (χ1n) is 10.9. The molecule has 0 spiro atoms. The summed E-state index contributed by atoms with van der Waals surface area (Å²) < 4.78 is 5.14. The van der Waals surface area contributed by atoms with Crippen molar-refractivity contribution in [3.8, 4) is 0 Å². The van der Waals surface area contributed by atoms with Gasteiger partial charge in [-0.15, -0.1) is 0 Å². The van der Waals surface area contributed by atoms with E-state index in [0.717, 1.165) is 35.3 Å². The Morgan fingerprint density at radius 1 is 1.03 bits per heavy atom. The van der Waals surface area contributed by atoms with Crippen molar-refractivity contribution in [1.29, 1.82) is 0 Å². The van der Waals surface area contributed by atoms with E-state index in [-0.39, 0.29) is 11.8 Å². The van der Waals surface area contributed by atoms with E-state index in [2.05, 4.69) is 13.8 Å². The molecule has 0 saturated carbocycles. The molecule has 1 aliphatic rings. The Labute approximate surface area is 201 Å². The summed E-state index contributed by atoms with van der Waals surface area (Å²) in [5, 5.41) is 11.4. The van der Waals surface area contributed by atoms with Crippen LogP contribution in [-0.4, -0.2) is 16.0 Å². The lowest BCUT2D eigenvalue weighted by molar-refractivity contribution is -0.402. The maximum Gasteiger partial charge on any atom is 0.433 e. The zero-order valence-corrected chi connectivity index (χ0v) is 19.6. The molecule has 0 atom stereocenters. The van der Waals surface area contributed by atoms with E-state index in [1.54, 1.807) is 23.1 Å². The van der Waals surface area contributed by atoms with Crippen molar-refractivity contribution >= 4 is 46.2 Å². The van der Waals surface area contributed by atoms with Gasteiger partial charge in [0.25, 0.3) is 5.91 Å². The summed E-state index contributed by atoms with van der Waals surface area (Å²) in [6.07, 6.45) is 6.52. The highest BCUT2D eigenvalue weighted by atomic mass is 32.2. The average molecular weight is 474 g/mol. The number of carbonyl (C=O) groups excluding carboxylic acids is 1. The van der Waals surface area contributed by atoms with Crippen molar-refractivity contribution in [3.05, 3.63) is 105 Å².